The van der Waals surface area contributed by atoms with Crippen LogP contribution >= 0.6 is 0 Å². The molecule has 128 valence electrons. The second kappa shape index (κ2) is 6.46. The topological polar surface area (TPSA) is 64.7 Å². The van der Waals surface area contributed by atoms with Crippen molar-refractivity contribution in [2.45, 2.75) is 26.4 Å². The zero-order valence-electron chi connectivity index (χ0n) is 13.9. The molecule has 0 unspecified atom stereocenters. The first kappa shape index (κ1) is 15.5. The first-order chi connectivity index (χ1) is 12.3. The summed E-state index contributed by atoms with van der Waals surface area (Å²) in [5.74, 6) is 1.05. The van der Waals surface area contributed by atoms with Gasteiger partial charge in [0.15, 0.2) is 17.5 Å². The lowest BCUT2D eigenvalue weighted by atomic mass is 10.2. The Hall–Kier alpha value is -3.03. The number of halogens is 1. The van der Waals surface area contributed by atoms with Crippen LogP contribution in [0.15, 0.2) is 42.7 Å². The number of allylic oxidation sites excluding steroid dienone is 1. The van der Waals surface area contributed by atoms with Crippen LogP contribution in [-0.4, -0.2) is 40.7 Å². The van der Waals surface area contributed by atoms with Crippen LogP contribution in [0.25, 0.3) is 17.7 Å². The van der Waals surface area contributed by atoms with E-state index in [0.29, 0.717) is 18.9 Å². The van der Waals surface area contributed by atoms with E-state index < -0.39 is 0 Å². The van der Waals surface area contributed by atoms with Crippen molar-refractivity contribution in [2.75, 3.05) is 6.54 Å². The van der Waals surface area contributed by atoms with Gasteiger partial charge in [-0.05, 0) is 18.6 Å². The highest BCUT2D eigenvalue weighted by atomic mass is 19.1. The van der Waals surface area contributed by atoms with E-state index in [-0.39, 0.29) is 11.5 Å². The number of rotatable bonds is 5. The Morgan fingerprint density at radius 1 is 1.20 bits per heavy atom. The van der Waals surface area contributed by atoms with E-state index in [1.807, 2.05) is 17.0 Å². The largest absolute Gasteiger partial charge is 0.365 e. The average molecular weight is 339 g/mol. The smallest absolute Gasteiger partial charge is 0.162 e. The van der Waals surface area contributed by atoms with Crippen molar-refractivity contribution in [1.29, 1.82) is 0 Å². The minimum absolute atomic E-state index is 0.257. The predicted molar refractivity (Wildman–Crippen MR) is 90.4 cm³/mol. The summed E-state index contributed by atoms with van der Waals surface area (Å²) >= 11 is 0. The maximum absolute atomic E-state index is 14.1. The summed E-state index contributed by atoms with van der Waals surface area (Å²) < 4.78 is 17.8. The molecule has 0 spiro atoms. The summed E-state index contributed by atoms with van der Waals surface area (Å²) in [5, 5.41) is 4.23. The maximum atomic E-state index is 14.1. The lowest BCUT2D eigenvalue weighted by Gasteiger charge is -2.30. The van der Waals surface area contributed by atoms with Gasteiger partial charge in [-0.3, -0.25) is 0 Å². The Morgan fingerprint density at radius 2 is 2.12 bits per heavy atom. The van der Waals surface area contributed by atoms with Crippen molar-refractivity contribution in [3.8, 4) is 11.5 Å². The third-order valence-electron chi connectivity index (χ3n) is 4.17. The molecule has 0 fully saturated rings. The van der Waals surface area contributed by atoms with Gasteiger partial charge in [0.25, 0.3) is 0 Å². The van der Waals surface area contributed by atoms with Crippen LogP contribution in [0, 0.1) is 5.82 Å². The zero-order chi connectivity index (χ0) is 17.2. The van der Waals surface area contributed by atoms with Gasteiger partial charge in [-0.2, -0.15) is 5.10 Å². The average Bonchev–Trinajstić information content (AvgIpc) is 3.25. The molecule has 25 heavy (non-hydrogen) atoms. The summed E-state index contributed by atoms with van der Waals surface area (Å²) in [4.78, 5) is 15.0. The molecule has 0 radical (unpaired) electrons. The summed E-state index contributed by atoms with van der Waals surface area (Å²) in [7, 11) is 0. The molecule has 0 amide bonds. The second-order valence-corrected chi connectivity index (χ2v) is 5.88. The molecule has 0 N–H and O–H groups in total. The summed E-state index contributed by atoms with van der Waals surface area (Å²) in [6.07, 6.45) is 9.63. The van der Waals surface area contributed by atoms with E-state index in [2.05, 4.69) is 31.9 Å². The molecule has 0 bridgehead atoms. The van der Waals surface area contributed by atoms with Crippen molar-refractivity contribution in [3.05, 3.63) is 54.4 Å². The van der Waals surface area contributed by atoms with Crippen LogP contribution in [0.4, 0.5) is 4.39 Å². The van der Waals surface area contributed by atoms with E-state index in [4.69, 9.17) is 0 Å². The molecule has 8 heteroatoms. The van der Waals surface area contributed by atoms with E-state index in [0.717, 1.165) is 24.5 Å². The fraction of sp³-hybridized carbons (Fsp3) is 0.294. The van der Waals surface area contributed by atoms with Gasteiger partial charge in [-0.15, -0.1) is 0 Å². The number of hydrogen-bond donors (Lipinski definition) is 0. The first-order valence-corrected chi connectivity index (χ1v) is 8.22. The zero-order valence-corrected chi connectivity index (χ0v) is 13.9. The van der Waals surface area contributed by atoms with Gasteiger partial charge in [0.1, 0.15) is 12.0 Å². The third-order valence-corrected chi connectivity index (χ3v) is 4.17. The molecule has 0 aliphatic carbocycles. The third kappa shape index (κ3) is 2.90. The van der Waals surface area contributed by atoms with Crippen molar-refractivity contribution < 1.29 is 4.39 Å². The Morgan fingerprint density at radius 3 is 2.96 bits per heavy atom. The van der Waals surface area contributed by atoms with Gasteiger partial charge < -0.3 is 9.47 Å². The lowest BCUT2D eigenvalue weighted by molar-refractivity contribution is 0.300. The van der Waals surface area contributed by atoms with E-state index in [1.54, 1.807) is 29.5 Å². The van der Waals surface area contributed by atoms with Crippen molar-refractivity contribution in [1.82, 2.24) is 34.2 Å². The Kier molecular flexibility index (Phi) is 4.01. The standard InChI is InChI=1S/C17H18FN7/c1-2-7-23-11-15-21-12-22-25(15)10-13(23)9-24-8-6-20-17(24)16-14(18)4-3-5-19-16/h3-6,8,10,12H,2,7,9,11H2,1H3. The molecule has 7 nitrogen and oxygen atoms in total. The normalized spacial score (nSPS) is 13.7. The number of aromatic nitrogens is 6. The summed E-state index contributed by atoms with van der Waals surface area (Å²) in [6, 6.07) is 2.97. The van der Waals surface area contributed by atoms with E-state index in [1.165, 1.54) is 6.07 Å². The predicted octanol–water partition coefficient (Wildman–Crippen LogP) is 2.40. The minimum atomic E-state index is -0.378. The molecule has 3 aromatic heterocycles. The van der Waals surface area contributed by atoms with Crippen molar-refractivity contribution >= 4 is 6.20 Å². The Bertz CT molecular complexity index is 911. The van der Waals surface area contributed by atoms with Gasteiger partial charge in [0.2, 0.25) is 0 Å². The SMILES string of the molecule is CCCN1Cc2ncnn2C=C1Cn1ccnc1-c1ncccc1F. The summed E-state index contributed by atoms with van der Waals surface area (Å²) in [6.45, 7) is 4.33. The maximum Gasteiger partial charge on any atom is 0.162 e. The van der Waals surface area contributed by atoms with Gasteiger partial charge in [0, 0.05) is 25.1 Å². The lowest BCUT2D eigenvalue weighted by Crippen LogP contribution is -2.31. The monoisotopic (exact) mass is 339 g/mol. The van der Waals surface area contributed by atoms with E-state index in [9.17, 15) is 4.39 Å². The molecule has 0 saturated heterocycles. The van der Waals surface area contributed by atoms with Crippen LogP contribution in [0.1, 0.15) is 19.2 Å². The molecule has 0 aromatic carbocycles. The number of imidazole rings is 1. The number of hydrogen-bond acceptors (Lipinski definition) is 5. The fourth-order valence-electron chi connectivity index (χ4n) is 3.00. The summed E-state index contributed by atoms with van der Waals surface area (Å²) in [5.41, 5.74) is 1.34. The van der Waals surface area contributed by atoms with Gasteiger partial charge in [0.05, 0.1) is 25.0 Å². The Balaban J connectivity index is 1.68. The van der Waals surface area contributed by atoms with Gasteiger partial charge >= 0.3 is 0 Å². The molecule has 4 rings (SSSR count). The molecule has 0 atom stereocenters. The van der Waals surface area contributed by atoms with E-state index >= 15 is 0 Å². The molecular formula is C17H18FN7. The highest BCUT2D eigenvalue weighted by molar-refractivity contribution is 5.50. The molecule has 1 aliphatic heterocycles. The number of pyridine rings is 1. The molecule has 3 aromatic rings. The Labute approximate surface area is 144 Å². The quantitative estimate of drug-likeness (QED) is 0.714. The molecular weight excluding hydrogens is 321 g/mol. The molecule has 1 aliphatic rings. The molecule has 0 saturated carbocycles. The molecule has 4 heterocycles. The van der Waals surface area contributed by atoms with Crippen molar-refractivity contribution in [2.24, 2.45) is 0 Å². The van der Waals surface area contributed by atoms with Crippen LogP contribution in [0.5, 0.6) is 0 Å². The van der Waals surface area contributed by atoms with Crippen LogP contribution in [0.3, 0.4) is 0 Å². The van der Waals surface area contributed by atoms with Crippen LogP contribution in [-0.2, 0) is 13.1 Å². The number of fused-ring (bicyclic) bond motifs is 1. The van der Waals surface area contributed by atoms with Crippen molar-refractivity contribution in [3.63, 3.8) is 0 Å². The van der Waals surface area contributed by atoms with Crippen LogP contribution in [0.2, 0.25) is 0 Å². The highest BCUT2D eigenvalue weighted by Gasteiger charge is 2.21. The first-order valence-electron chi connectivity index (χ1n) is 8.22. The minimum Gasteiger partial charge on any atom is -0.365 e. The second-order valence-electron chi connectivity index (χ2n) is 5.88. The fourth-order valence-corrected chi connectivity index (χ4v) is 3.00. The van der Waals surface area contributed by atoms with Gasteiger partial charge in [-0.25, -0.2) is 24.0 Å². The highest BCUT2D eigenvalue weighted by Crippen LogP contribution is 2.23. The number of nitrogens with zero attached hydrogens (tertiary/aromatic N) is 7. The van der Waals surface area contributed by atoms with Crippen LogP contribution < -0.4 is 0 Å². The van der Waals surface area contributed by atoms with Gasteiger partial charge in [-0.1, -0.05) is 6.92 Å².